The molecule has 138 valence electrons. The lowest BCUT2D eigenvalue weighted by atomic mass is 9.96. The molecule has 2 aromatic heterocycles. The summed E-state index contributed by atoms with van der Waals surface area (Å²) >= 11 is 7.79. The van der Waals surface area contributed by atoms with Gasteiger partial charge in [0, 0.05) is 27.4 Å². The fourth-order valence-corrected chi connectivity index (χ4v) is 4.80. The molecule has 27 heavy (non-hydrogen) atoms. The van der Waals surface area contributed by atoms with Crippen LogP contribution in [0.4, 0.5) is 0 Å². The number of aldehydes is 1. The van der Waals surface area contributed by atoms with Crippen LogP contribution in [0.1, 0.15) is 46.6 Å². The van der Waals surface area contributed by atoms with E-state index in [9.17, 15) is 4.79 Å². The van der Waals surface area contributed by atoms with Crippen LogP contribution in [0.5, 0.6) is 0 Å². The van der Waals surface area contributed by atoms with Gasteiger partial charge in [0.25, 0.3) is 0 Å². The van der Waals surface area contributed by atoms with Crippen molar-refractivity contribution < 1.29 is 4.79 Å². The van der Waals surface area contributed by atoms with Gasteiger partial charge in [0.15, 0.2) is 5.82 Å². The lowest BCUT2D eigenvalue weighted by Crippen LogP contribution is -2.25. The Bertz CT molecular complexity index is 1080. The van der Waals surface area contributed by atoms with Gasteiger partial charge < -0.3 is 4.79 Å². The van der Waals surface area contributed by atoms with Crippen molar-refractivity contribution in [2.75, 3.05) is 0 Å². The van der Waals surface area contributed by atoms with Gasteiger partial charge in [-0.05, 0) is 45.4 Å². The minimum atomic E-state index is -0.795. The summed E-state index contributed by atoms with van der Waals surface area (Å²) in [6, 6.07) is 7.66. The average Bonchev–Trinajstić information content (AvgIpc) is 3.11. The molecule has 3 heterocycles. The van der Waals surface area contributed by atoms with Gasteiger partial charge >= 0.3 is 0 Å². The van der Waals surface area contributed by atoms with Crippen LogP contribution < -0.4 is 0 Å². The maximum atomic E-state index is 11.5. The monoisotopic (exact) mass is 398 g/mol. The molecule has 1 unspecified atom stereocenters. The van der Waals surface area contributed by atoms with Crippen molar-refractivity contribution >= 4 is 34.9 Å². The van der Waals surface area contributed by atoms with E-state index in [0.29, 0.717) is 10.8 Å². The highest BCUT2D eigenvalue weighted by atomic mass is 35.5. The molecular formula is C20H19ClN4OS. The average molecular weight is 399 g/mol. The van der Waals surface area contributed by atoms with Gasteiger partial charge in [0.2, 0.25) is 0 Å². The van der Waals surface area contributed by atoms with Crippen LogP contribution in [0, 0.1) is 20.8 Å². The van der Waals surface area contributed by atoms with Crippen molar-refractivity contribution in [2.24, 2.45) is 4.99 Å². The maximum Gasteiger partial charge on any atom is 0.166 e. The van der Waals surface area contributed by atoms with E-state index in [4.69, 9.17) is 16.6 Å². The zero-order valence-corrected chi connectivity index (χ0v) is 17.1. The number of aromatic nitrogens is 3. The summed E-state index contributed by atoms with van der Waals surface area (Å²) in [7, 11) is 0. The number of rotatable bonds is 3. The van der Waals surface area contributed by atoms with Crippen molar-refractivity contribution in [3.05, 3.63) is 62.5 Å². The predicted molar refractivity (Wildman–Crippen MR) is 109 cm³/mol. The molecule has 0 radical (unpaired) electrons. The second-order valence-corrected chi connectivity index (χ2v) is 8.62. The summed E-state index contributed by atoms with van der Waals surface area (Å²) in [5, 5.41) is 10.4. The Labute approximate surface area is 166 Å². The van der Waals surface area contributed by atoms with Crippen molar-refractivity contribution in [2.45, 2.75) is 39.7 Å². The van der Waals surface area contributed by atoms with Crippen molar-refractivity contribution in [1.29, 1.82) is 0 Å². The smallest absolute Gasteiger partial charge is 0.166 e. The van der Waals surface area contributed by atoms with Crippen LogP contribution in [0.25, 0.3) is 5.00 Å². The number of aliphatic imine (C=N–C) groups is 1. The number of benzene rings is 1. The molecule has 0 aliphatic carbocycles. The summed E-state index contributed by atoms with van der Waals surface area (Å²) in [6.07, 6.45) is 1.13. The highest BCUT2D eigenvalue weighted by Gasteiger charge is 2.38. The van der Waals surface area contributed by atoms with E-state index in [1.165, 1.54) is 10.4 Å². The summed E-state index contributed by atoms with van der Waals surface area (Å²) in [6.45, 7) is 8.09. The van der Waals surface area contributed by atoms with Crippen LogP contribution in [0.2, 0.25) is 5.02 Å². The zero-order valence-electron chi connectivity index (χ0n) is 15.6. The highest BCUT2D eigenvalue weighted by Crippen LogP contribution is 2.41. The summed E-state index contributed by atoms with van der Waals surface area (Å²) in [5.41, 5.74) is 3.28. The molecule has 1 aliphatic rings. The Morgan fingerprint density at radius 3 is 2.56 bits per heavy atom. The lowest BCUT2D eigenvalue weighted by molar-refractivity contribution is -0.108. The molecule has 1 aromatic carbocycles. The minimum Gasteiger partial charge on any atom is -0.303 e. The van der Waals surface area contributed by atoms with Gasteiger partial charge in [-0.3, -0.25) is 9.56 Å². The number of hydrogen-bond donors (Lipinski definition) is 0. The fourth-order valence-electron chi connectivity index (χ4n) is 3.47. The Kier molecular flexibility index (Phi) is 4.28. The molecule has 7 heteroatoms. The number of carbonyl (C=O) groups excluding carboxylic acids is 1. The van der Waals surface area contributed by atoms with Gasteiger partial charge in [0.05, 0.1) is 5.71 Å². The molecule has 1 aliphatic heterocycles. The van der Waals surface area contributed by atoms with Gasteiger partial charge in [-0.25, -0.2) is 0 Å². The molecular weight excluding hydrogens is 380 g/mol. The minimum absolute atomic E-state index is 0.231. The second-order valence-electron chi connectivity index (χ2n) is 6.98. The first-order chi connectivity index (χ1) is 12.9. The molecule has 0 amide bonds. The Morgan fingerprint density at radius 1 is 1.19 bits per heavy atom. The van der Waals surface area contributed by atoms with E-state index >= 15 is 0 Å². The normalized spacial score (nSPS) is 18.5. The SMILES string of the molecule is Cc1sc2c(c1C)C(c1ccc(Cl)cc1)=NC(C)(CC=O)c1nnc(C)n1-2. The van der Waals surface area contributed by atoms with Crippen molar-refractivity contribution in [3.63, 3.8) is 0 Å². The van der Waals surface area contributed by atoms with E-state index in [1.54, 1.807) is 11.3 Å². The topological polar surface area (TPSA) is 60.1 Å². The van der Waals surface area contributed by atoms with Crippen LogP contribution >= 0.6 is 22.9 Å². The quantitative estimate of drug-likeness (QED) is 0.607. The Hall–Kier alpha value is -2.31. The lowest BCUT2D eigenvalue weighted by Gasteiger charge is -2.22. The van der Waals surface area contributed by atoms with E-state index < -0.39 is 5.54 Å². The number of halogens is 1. The molecule has 3 aromatic rings. The largest absolute Gasteiger partial charge is 0.303 e. The van der Waals surface area contributed by atoms with Gasteiger partial charge in [0.1, 0.15) is 22.7 Å². The molecule has 5 nitrogen and oxygen atoms in total. The van der Waals surface area contributed by atoms with Crippen molar-refractivity contribution in [1.82, 2.24) is 14.8 Å². The van der Waals surface area contributed by atoms with Crippen LogP contribution in [0.3, 0.4) is 0 Å². The highest BCUT2D eigenvalue weighted by molar-refractivity contribution is 7.15. The summed E-state index contributed by atoms with van der Waals surface area (Å²) in [5.74, 6) is 1.48. The maximum absolute atomic E-state index is 11.5. The molecule has 1 atom stereocenters. The van der Waals surface area contributed by atoms with Crippen molar-refractivity contribution in [3.8, 4) is 5.00 Å². The number of nitrogens with zero attached hydrogens (tertiary/aromatic N) is 4. The third-order valence-corrected chi connectivity index (χ3v) is 6.51. The molecule has 0 bridgehead atoms. The zero-order chi connectivity index (χ0) is 19.3. The van der Waals surface area contributed by atoms with Crippen LogP contribution in [-0.4, -0.2) is 26.8 Å². The molecule has 0 fully saturated rings. The van der Waals surface area contributed by atoms with E-state index in [-0.39, 0.29) is 6.42 Å². The summed E-state index contributed by atoms with van der Waals surface area (Å²) < 4.78 is 2.05. The van der Waals surface area contributed by atoms with E-state index in [1.807, 2.05) is 38.1 Å². The standard InChI is InChI=1S/C20H19ClN4OS/c1-11-12(2)27-18-16(11)17(14-5-7-15(21)8-6-14)22-20(4,9-10-26)19-24-23-13(3)25(18)19/h5-8,10H,9H2,1-4H3. The first kappa shape index (κ1) is 18.1. The Morgan fingerprint density at radius 2 is 1.89 bits per heavy atom. The number of hydrogen-bond acceptors (Lipinski definition) is 5. The first-order valence-electron chi connectivity index (χ1n) is 8.68. The number of fused-ring (bicyclic) bond motifs is 3. The molecule has 0 N–H and O–H groups in total. The number of thiophene rings is 1. The number of aryl methyl sites for hydroxylation is 2. The van der Waals surface area contributed by atoms with Gasteiger partial charge in [-0.1, -0.05) is 23.7 Å². The second kappa shape index (κ2) is 6.39. The predicted octanol–water partition coefficient (Wildman–Crippen LogP) is 4.56. The molecule has 4 rings (SSSR count). The van der Waals surface area contributed by atoms with Crippen LogP contribution in [-0.2, 0) is 10.3 Å². The van der Waals surface area contributed by atoms with Gasteiger partial charge in [-0.15, -0.1) is 21.5 Å². The molecule has 0 saturated heterocycles. The molecule has 0 spiro atoms. The fraction of sp³-hybridized carbons (Fsp3) is 0.300. The first-order valence-corrected chi connectivity index (χ1v) is 9.88. The summed E-state index contributed by atoms with van der Waals surface area (Å²) in [4.78, 5) is 17.8. The Balaban J connectivity index is 2.10. The third-order valence-electron chi connectivity index (χ3n) is 5.07. The number of carbonyl (C=O) groups is 1. The van der Waals surface area contributed by atoms with Crippen LogP contribution in [0.15, 0.2) is 29.3 Å². The van der Waals surface area contributed by atoms with E-state index in [2.05, 4.69) is 28.6 Å². The molecule has 0 saturated carbocycles. The van der Waals surface area contributed by atoms with Gasteiger partial charge in [-0.2, -0.15) is 0 Å². The van der Waals surface area contributed by atoms with E-state index in [0.717, 1.165) is 34.0 Å². The third kappa shape index (κ3) is 2.75.